The summed E-state index contributed by atoms with van der Waals surface area (Å²) in [6.45, 7) is 17.9. The predicted molar refractivity (Wildman–Crippen MR) is 86.8 cm³/mol. The molecule has 2 aliphatic rings. The SMILES string of the molecule is CC.CCC.C[C@@H](C1CCNCC1)N1CCNCC1. The van der Waals surface area contributed by atoms with Crippen molar-refractivity contribution in [1.82, 2.24) is 15.5 Å². The van der Waals surface area contributed by atoms with Crippen LogP contribution in [-0.4, -0.2) is 50.2 Å². The van der Waals surface area contributed by atoms with Crippen molar-refractivity contribution in [2.75, 3.05) is 39.3 Å². The van der Waals surface area contributed by atoms with E-state index >= 15 is 0 Å². The van der Waals surface area contributed by atoms with E-state index in [1.165, 1.54) is 58.5 Å². The largest absolute Gasteiger partial charge is 0.317 e. The molecule has 0 spiro atoms. The quantitative estimate of drug-likeness (QED) is 0.809. The second kappa shape index (κ2) is 12.9. The lowest BCUT2D eigenvalue weighted by molar-refractivity contribution is 0.119. The summed E-state index contributed by atoms with van der Waals surface area (Å²) in [6.07, 6.45) is 3.98. The zero-order valence-electron chi connectivity index (χ0n) is 14.0. The lowest BCUT2D eigenvalue weighted by Crippen LogP contribution is -2.51. The van der Waals surface area contributed by atoms with Crippen molar-refractivity contribution in [3.63, 3.8) is 0 Å². The highest BCUT2D eigenvalue weighted by molar-refractivity contribution is 4.82. The van der Waals surface area contributed by atoms with Gasteiger partial charge < -0.3 is 10.6 Å². The molecule has 0 saturated carbocycles. The van der Waals surface area contributed by atoms with Gasteiger partial charge in [-0.1, -0.05) is 34.1 Å². The summed E-state index contributed by atoms with van der Waals surface area (Å²) < 4.78 is 0. The third-order valence-corrected chi connectivity index (χ3v) is 3.79. The maximum absolute atomic E-state index is 3.44. The number of nitrogens with one attached hydrogen (secondary N) is 2. The highest BCUT2D eigenvalue weighted by Gasteiger charge is 2.25. The minimum atomic E-state index is 0.791. The Labute approximate surface area is 121 Å². The summed E-state index contributed by atoms with van der Waals surface area (Å²) >= 11 is 0. The van der Waals surface area contributed by atoms with E-state index in [-0.39, 0.29) is 0 Å². The van der Waals surface area contributed by atoms with Crippen LogP contribution in [0.25, 0.3) is 0 Å². The van der Waals surface area contributed by atoms with E-state index in [4.69, 9.17) is 0 Å². The van der Waals surface area contributed by atoms with Crippen LogP contribution in [0.1, 0.15) is 53.9 Å². The van der Waals surface area contributed by atoms with Gasteiger partial charge in [0.2, 0.25) is 0 Å². The molecule has 0 aliphatic carbocycles. The van der Waals surface area contributed by atoms with Gasteiger partial charge in [0.05, 0.1) is 0 Å². The number of hydrogen-bond acceptors (Lipinski definition) is 3. The Balaban J connectivity index is 0.000000573. The molecule has 0 aromatic carbocycles. The number of piperidine rings is 1. The van der Waals surface area contributed by atoms with Gasteiger partial charge in [0.1, 0.15) is 0 Å². The molecule has 0 radical (unpaired) electrons. The average molecular weight is 271 g/mol. The van der Waals surface area contributed by atoms with Crippen LogP contribution in [0.15, 0.2) is 0 Å². The first kappa shape index (κ1) is 18.9. The van der Waals surface area contributed by atoms with Gasteiger partial charge in [0, 0.05) is 32.2 Å². The van der Waals surface area contributed by atoms with Crippen molar-refractivity contribution in [3.05, 3.63) is 0 Å². The van der Waals surface area contributed by atoms with Crippen LogP contribution in [0.5, 0.6) is 0 Å². The first-order valence-electron chi connectivity index (χ1n) is 8.45. The van der Waals surface area contributed by atoms with E-state index in [0.29, 0.717) is 0 Å². The molecule has 2 saturated heterocycles. The van der Waals surface area contributed by atoms with Crippen molar-refractivity contribution >= 4 is 0 Å². The maximum atomic E-state index is 3.44. The van der Waals surface area contributed by atoms with Crippen molar-refractivity contribution in [1.29, 1.82) is 0 Å². The zero-order valence-corrected chi connectivity index (χ0v) is 14.0. The molecule has 0 unspecified atom stereocenters. The van der Waals surface area contributed by atoms with Crippen LogP contribution in [0, 0.1) is 5.92 Å². The molecular weight excluding hydrogens is 234 g/mol. The molecule has 0 amide bonds. The third-order valence-electron chi connectivity index (χ3n) is 3.79. The molecule has 1 atom stereocenters. The van der Waals surface area contributed by atoms with Crippen molar-refractivity contribution in [2.24, 2.45) is 5.92 Å². The summed E-state index contributed by atoms with van der Waals surface area (Å²) in [5, 5.41) is 6.86. The van der Waals surface area contributed by atoms with E-state index in [9.17, 15) is 0 Å². The Hall–Kier alpha value is -0.120. The molecule has 2 heterocycles. The van der Waals surface area contributed by atoms with Crippen LogP contribution in [0.2, 0.25) is 0 Å². The third kappa shape index (κ3) is 7.91. The van der Waals surface area contributed by atoms with Gasteiger partial charge in [0.15, 0.2) is 0 Å². The van der Waals surface area contributed by atoms with E-state index in [1.807, 2.05) is 13.8 Å². The minimum Gasteiger partial charge on any atom is -0.317 e. The molecule has 2 rings (SSSR count). The predicted octanol–water partition coefficient (Wildman–Crippen LogP) is 2.72. The number of nitrogens with zero attached hydrogens (tertiary/aromatic N) is 1. The normalized spacial score (nSPS) is 22.6. The first-order valence-corrected chi connectivity index (χ1v) is 8.45. The van der Waals surface area contributed by atoms with E-state index in [0.717, 1.165) is 12.0 Å². The lowest BCUT2D eigenvalue weighted by Gasteiger charge is -2.39. The second-order valence-corrected chi connectivity index (χ2v) is 5.32. The molecule has 0 aromatic rings. The smallest absolute Gasteiger partial charge is 0.0110 e. The Morgan fingerprint density at radius 1 is 0.947 bits per heavy atom. The Bertz CT molecular complexity index is 155. The zero-order chi connectivity index (χ0) is 14.5. The van der Waals surface area contributed by atoms with Gasteiger partial charge in [-0.15, -0.1) is 0 Å². The van der Waals surface area contributed by atoms with Crippen molar-refractivity contribution < 1.29 is 0 Å². The molecule has 116 valence electrons. The molecule has 2 N–H and O–H groups in total. The van der Waals surface area contributed by atoms with Gasteiger partial charge in [-0.05, 0) is 38.8 Å². The number of hydrogen-bond donors (Lipinski definition) is 2. The Morgan fingerprint density at radius 3 is 1.84 bits per heavy atom. The Kier molecular flexibility index (Phi) is 12.8. The molecular formula is C16H37N3. The fourth-order valence-electron chi connectivity index (χ4n) is 2.71. The summed E-state index contributed by atoms with van der Waals surface area (Å²) in [7, 11) is 0. The average Bonchev–Trinajstić information content (AvgIpc) is 2.51. The van der Waals surface area contributed by atoms with Crippen molar-refractivity contribution in [2.45, 2.75) is 59.9 Å². The summed E-state index contributed by atoms with van der Waals surface area (Å²) in [4.78, 5) is 2.66. The summed E-state index contributed by atoms with van der Waals surface area (Å²) in [5.74, 6) is 0.925. The van der Waals surface area contributed by atoms with Gasteiger partial charge in [0.25, 0.3) is 0 Å². The maximum Gasteiger partial charge on any atom is 0.0110 e. The molecule has 2 fully saturated rings. The van der Waals surface area contributed by atoms with Gasteiger partial charge >= 0.3 is 0 Å². The van der Waals surface area contributed by atoms with Crippen LogP contribution in [0.3, 0.4) is 0 Å². The van der Waals surface area contributed by atoms with E-state index in [2.05, 4.69) is 36.3 Å². The van der Waals surface area contributed by atoms with Crippen LogP contribution in [-0.2, 0) is 0 Å². The summed E-state index contributed by atoms with van der Waals surface area (Å²) in [5.41, 5.74) is 0. The molecule has 19 heavy (non-hydrogen) atoms. The number of piperazine rings is 1. The molecule has 3 heteroatoms. The molecule has 3 nitrogen and oxygen atoms in total. The molecule has 0 bridgehead atoms. The highest BCUT2D eigenvalue weighted by Crippen LogP contribution is 2.20. The lowest BCUT2D eigenvalue weighted by atomic mass is 9.90. The van der Waals surface area contributed by atoms with Gasteiger partial charge in [-0.25, -0.2) is 0 Å². The van der Waals surface area contributed by atoms with Crippen LogP contribution >= 0.6 is 0 Å². The fourth-order valence-corrected chi connectivity index (χ4v) is 2.71. The van der Waals surface area contributed by atoms with Crippen molar-refractivity contribution in [3.8, 4) is 0 Å². The monoisotopic (exact) mass is 271 g/mol. The van der Waals surface area contributed by atoms with E-state index in [1.54, 1.807) is 0 Å². The first-order chi connectivity index (χ1) is 9.29. The van der Waals surface area contributed by atoms with Crippen LogP contribution in [0.4, 0.5) is 0 Å². The summed E-state index contributed by atoms with van der Waals surface area (Å²) in [6, 6.07) is 0.791. The number of rotatable bonds is 2. The minimum absolute atomic E-state index is 0.791. The van der Waals surface area contributed by atoms with Crippen LogP contribution < -0.4 is 10.6 Å². The Morgan fingerprint density at radius 2 is 1.37 bits per heavy atom. The highest BCUT2D eigenvalue weighted by atomic mass is 15.2. The molecule has 2 aliphatic heterocycles. The standard InChI is InChI=1S/C11H23N3.C3H8.C2H6/c1-10(11-2-4-12-5-3-11)14-8-6-13-7-9-14;1-3-2;1-2/h10-13H,2-9H2,1H3;3H2,1-2H3;1-2H3/t10-;;/m0../s1. The second-order valence-electron chi connectivity index (χ2n) is 5.32. The van der Waals surface area contributed by atoms with Gasteiger partial charge in [-0.3, -0.25) is 4.90 Å². The fraction of sp³-hybridized carbons (Fsp3) is 1.00. The topological polar surface area (TPSA) is 27.3 Å². The molecule has 0 aromatic heterocycles. The van der Waals surface area contributed by atoms with E-state index < -0.39 is 0 Å². The van der Waals surface area contributed by atoms with Gasteiger partial charge in [-0.2, -0.15) is 0 Å².